The molecule has 8 rings (SSSR count). The van der Waals surface area contributed by atoms with Crippen molar-refractivity contribution in [3.8, 4) is 11.5 Å². The number of carbonyl (C=O) groups excluding carboxylic acids is 2. The van der Waals surface area contributed by atoms with Crippen LogP contribution in [-0.4, -0.2) is 29.6 Å². The summed E-state index contributed by atoms with van der Waals surface area (Å²) in [5.74, 6) is -0.716. The SMILES string of the molecule is CCOc1cc(/C=N\N2C(=O)[C@@H]3C4c5ccccc5C(c5ccccc54)[C@H]3C2=O)cc(Br)c1OCc1ccc(Cl)cc1. The first-order chi connectivity index (χ1) is 20.5. The molecule has 8 heteroatoms. The van der Waals surface area contributed by atoms with E-state index in [4.69, 9.17) is 21.1 Å². The lowest BCUT2D eigenvalue weighted by molar-refractivity contribution is -0.139. The molecule has 1 fully saturated rings. The van der Waals surface area contributed by atoms with Crippen molar-refractivity contribution in [2.45, 2.75) is 25.4 Å². The first kappa shape index (κ1) is 26.9. The van der Waals surface area contributed by atoms with Crippen molar-refractivity contribution < 1.29 is 19.1 Å². The fraction of sp³-hybridized carbons (Fsp3) is 0.206. The molecule has 42 heavy (non-hydrogen) atoms. The highest BCUT2D eigenvalue weighted by atomic mass is 79.9. The van der Waals surface area contributed by atoms with Gasteiger partial charge in [-0.1, -0.05) is 72.3 Å². The summed E-state index contributed by atoms with van der Waals surface area (Å²) in [6.07, 6.45) is 1.53. The van der Waals surface area contributed by atoms with E-state index in [1.54, 1.807) is 6.07 Å². The molecule has 0 spiro atoms. The minimum Gasteiger partial charge on any atom is -0.490 e. The second-order valence-electron chi connectivity index (χ2n) is 10.7. The zero-order valence-corrected chi connectivity index (χ0v) is 25.0. The predicted octanol–water partition coefficient (Wildman–Crippen LogP) is 7.31. The Morgan fingerprint density at radius 2 is 1.38 bits per heavy atom. The molecule has 4 aromatic rings. The molecule has 6 nitrogen and oxygen atoms in total. The smallest absolute Gasteiger partial charge is 0.254 e. The van der Waals surface area contributed by atoms with Crippen molar-refractivity contribution in [1.29, 1.82) is 0 Å². The summed E-state index contributed by atoms with van der Waals surface area (Å²) in [6.45, 7) is 2.65. The number of carbonyl (C=O) groups is 2. The summed E-state index contributed by atoms with van der Waals surface area (Å²) in [5, 5.41) is 6.19. The van der Waals surface area contributed by atoms with Crippen LogP contribution in [0, 0.1) is 11.8 Å². The van der Waals surface area contributed by atoms with E-state index >= 15 is 0 Å². The third kappa shape index (κ3) is 4.34. The lowest BCUT2D eigenvalue weighted by Gasteiger charge is -2.45. The molecular formula is C34H26BrClN2O4. The van der Waals surface area contributed by atoms with Crippen LogP contribution in [0.4, 0.5) is 0 Å². The lowest BCUT2D eigenvalue weighted by atomic mass is 9.55. The van der Waals surface area contributed by atoms with E-state index < -0.39 is 11.8 Å². The molecule has 0 unspecified atom stereocenters. The van der Waals surface area contributed by atoms with E-state index in [-0.39, 0.29) is 23.7 Å². The molecule has 0 N–H and O–H groups in total. The number of hydrogen-bond donors (Lipinski definition) is 0. The van der Waals surface area contributed by atoms with Gasteiger partial charge in [0.25, 0.3) is 11.8 Å². The molecule has 0 radical (unpaired) electrons. The number of hydrogen-bond acceptors (Lipinski definition) is 5. The van der Waals surface area contributed by atoms with Gasteiger partial charge in [0.1, 0.15) is 6.61 Å². The van der Waals surface area contributed by atoms with Crippen molar-refractivity contribution >= 4 is 45.6 Å². The Morgan fingerprint density at radius 3 is 1.90 bits per heavy atom. The number of nitrogens with zero attached hydrogens (tertiary/aromatic N) is 2. The molecule has 2 atom stereocenters. The quantitative estimate of drug-likeness (QED) is 0.157. The maximum Gasteiger partial charge on any atom is 0.254 e. The third-order valence-corrected chi connectivity index (χ3v) is 9.22. The fourth-order valence-electron chi connectivity index (χ4n) is 6.70. The Bertz CT molecular complexity index is 1640. The van der Waals surface area contributed by atoms with Gasteiger partial charge >= 0.3 is 0 Å². The van der Waals surface area contributed by atoms with Crippen LogP contribution in [0.1, 0.15) is 52.1 Å². The topological polar surface area (TPSA) is 68.2 Å². The number of hydrazone groups is 1. The minimum absolute atomic E-state index is 0.167. The van der Waals surface area contributed by atoms with Gasteiger partial charge < -0.3 is 9.47 Å². The lowest BCUT2D eigenvalue weighted by Crippen LogP contribution is -2.41. The highest BCUT2D eigenvalue weighted by Gasteiger charge is 2.61. The molecule has 4 aromatic carbocycles. The minimum atomic E-state index is -0.473. The number of rotatable bonds is 7. The second-order valence-corrected chi connectivity index (χ2v) is 12.0. The van der Waals surface area contributed by atoms with Crippen LogP contribution in [0.2, 0.25) is 5.02 Å². The Morgan fingerprint density at radius 1 is 0.833 bits per heavy atom. The van der Waals surface area contributed by atoms with Gasteiger partial charge in [0.05, 0.1) is 29.1 Å². The van der Waals surface area contributed by atoms with Gasteiger partial charge in [-0.3, -0.25) is 9.59 Å². The second kappa shape index (κ2) is 10.7. The number of halogens is 2. The van der Waals surface area contributed by atoms with Gasteiger partial charge in [0, 0.05) is 16.9 Å². The average Bonchev–Trinajstić information content (AvgIpc) is 3.26. The maximum atomic E-state index is 13.8. The molecule has 210 valence electrons. The average molecular weight is 642 g/mol. The van der Waals surface area contributed by atoms with Crippen LogP contribution in [-0.2, 0) is 16.2 Å². The molecule has 3 aliphatic carbocycles. The van der Waals surface area contributed by atoms with E-state index in [0.29, 0.717) is 39.8 Å². The van der Waals surface area contributed by atoms with Crippen LogP contribution in [0.3, 0.4) is 0 Å². The summed E-state index contributed by atoms with van der Waals surface area (Å²) in [6, 6.07) is 27.4. The highest BCUT2D eigenvalue weighted by molar-refractivity contribution is 9.10. The van der Waals surface area contributed by atoms with Gasteiger partial charge in [-0.2, -0.15) is 10.1 Å². The van der Waals surface area contributed by atoms with E-state index in [1.807, 2.05) is 61.5 Å². The van der Waals surface area contributed by atoms with Crippen LogP contribution >= 0.6 is 27.5 Å². The van der Waals surface area contributed by atoms with Crippen LogP contribution in [0.15, 0.2) is 94.5 Å². The number of amides is 2. The molecule has 1 aliphatic heterocycles. The van der Waals surface area contributed by atoms with Gasteiger partial charge in [-0.05, 0) is 80.5 Å². The summed E-state index contributed by atoms with van der Waals surface area (Å²) < 4.78 is 12.6. The number of imide groups is 1. The molecule has 4 aliphatic rings. The monoisotopic (exact) mass is 640 g/mol. The number of ether oxygens (including phenoxy) is 2. The summed E-state index contributed by atoms with van der Waals surface area (Å²) in [5.41, 5.74) is 6.16. The predicted molar refractivity (Wildman–Crippen MR) is 164 cm³/mol. The molecule has 1 saturated heterocycles. The molecule has 2 amide bonds. The van der Waals surface area contributed by atoms with Crippen molar-refractivity contribution in [1.82, 2.24) is 5.01 Å². The zero-order valence-electron chi connectivity index (χ0n) is 22.7. The number of benzene rings is 4. The highest BCUT2D eigenvalue weighted by Crippen LogP contribution is 2.61. The Labute approximate surface area is 257 Å². The van der Waals surface area contributed by atoms with Gasteiger partial charge in [-0.25, -0.2) is 0 Å². The van der Waals surface area contributed by atoms with E-state index in [0.717, 1.165) is 32.8 Å². The van der Waals surface area contributed by atoms with Gasteiger partial charge in [-0.15, -0.1) is 0 Å². The molecule has 0 aromatic heterocycles. The standard InChI is InChI=1S/C34H26BrClN2O4/c1-2-41-27-16-20(15-26(35)32(27)42-18-19-11-13-21(36)14-12-19)17-37-38-33(39)30-28-22-7-3-4-8-23(22)29(31(30)34(38)40)25-10-6-5-9-24(25)28/h3-17,28-31H,2,18H2,1H3/b37-17-/t28?,29?,30-,31-/m1/s1. The van der Waals surface area contributed by atoms with E-state index in [1.165, 1.54) is 6.21 Å². The zero-order chi connectivity index (χ0) is 29.0. The maximum absolute atomic E-state index is 13.8. The summed E-state index contributed by atoms with van der Waals surface area (Å²) in [7, 11) is 0. The first-order valence-corrected chi connectivity index (χ1v) is 15.1. The van der Waals surface area contributed by atoms with E-state index in [2.05, 4.69) is 45.3 Å². The van der Waals surface area contributed by atoms with E-state index in [9.17, 15) is 9.59 Å². The fourth-order valence-corrected chi connectivity index (χ4v) is 7.40. The summed E-state index contributed by atoms with van der Waals surface area (Å²) in [4.78, 5) is 27.7. The largest absolute Gasteiger partial charge is 0.490 e. The third-order valence-electron chi connectivity index (χ3n) is 8.38. The van der Waals surface area contributed by atoms with Crippen molar-refractivity contribution in [3.63, 3.8) is 0 Å². The Hall–Kier alpha value is -3.94. The van der Waals surface area contributed by atoms with Crippen LogP contribution < -0.4 is 9.47 Å². The van der Waals surface area contributed by atoms with Gasteiger partial charge in [0.15, 0.2) is 11.5 Å². The molecular weight excluding hydrogens is 616 g/mol. The molecule has 1 heterocycles. The summed E-state index contributed by atoms with van der Waals surface area (Å²) >= 11 is 9.60. The molecule has 0 saturated carbocycles. The van der Waals surface area contributed by atoms with Crippen LogP contribution in [0.25, 0.3) is 0 Å². The van der Waals surface area contributed by atoms with Crippen molar-refractivity contribution in [2.75, 3.05) is 6.61 Å². The molecule has 2 bridgehead atoms. The Balaban J connectivity index is 1.18. The van der Waals surface area contributed by atoms with Crippen LogP contribution in [0.5, 0.6) is 11.5 Å². The normalized spacial score (nSPS) is 21.8. The Kier molecular flexibility index (Phi) is 6.87. The first-order valence-electron chi connectivity index (χ1n) is 13.9. The van der Waals surface area contributed by atoms with Crippen molar-refractivity contribution in [2.24, 2.45) is 16.9 Å². The van der Waals surface area contributed by atoms with Crippen molar-refractivity contribution in [3.05, 3.63) is 128 Å². The van der Waals surface area contributed by atoms with Gasteiger partial charge in [0.2, 0.25) is 0 Å².